The maximum absolute atomic E-state index is 12.2. The van der Waals surface area contributed by atoms with Crippen molar-refractivity contribution >= 4 is 17.6 Å². The second-order valence-corrected chi connectivity index (χ2v) is 6.72. The summed E-state index contributed by atoms with van der Waals surface area (Å²) in [5.74, 6) is 0.701. The van der Waals surface area contributed by atoms with Gasteiger partial charge in [0.05, 0.1) is 5.56 Å². The third-order valence-corrected chi connectivity index (χ3v) is 4.55. The number of aromatic nitrogens is 2. The van der Waals surface area contributed by atoms with Crippen LogP contribution in [0.1, 0.15) is 35.8 Å². The van der Waals surface area contributed by atoms with Crippen molar-refractivity contribution in [1.82, 2.24) is 20.6 Å². The topological polar surface area (TPSA) is 87.2 Å². The van der Waals surface area contributed by atoms with Crippen molar-refractivity contribution in [3.05, 3.63) is 54.0 Å². The zero-order chi connectivity index (χ0) is 19.1. The number of anilines is 1. The molecule has 0 aromatic carbocycles. The fourth-order valence-corrected chi connectivity index (χ4v) is 3.20. The van der Waals surface area contributed by atoms with E-state index in [4.69, 9.17) is 0 Å². The van der Waals surface area contributed by atoms with Gasteiger partial charge in [-0.05, 0) is 43.5 Å². The van der Waals surface area contributed by atoms with E-state index in [-0.39, 0.29) is 17.9 Å². The van der Waals surface area contributed by atoms with Crippen molar-refractivity contribution < 1.29 is 9.59 Å². The maximum Gasteiger partial charge on any atom is 0.252 e. The number of hydrogen-bond donors (Lipinski definition) is 2. The second-order valence-electron chi connectivity index (χ2n) is 6.72. The number of hydrogen-bond acceptors (Lipinski definition) is 5. The summed E-state index contributed by atoms with van der Waals surface area (Å²) < 4.78 is 0. The van der Waals surface area contributed by atoms with Crippen molar-refractivity contribution in [3.8, 4) is 0 Å². The lowest BCUT2D eigenvalue weighted by molar-refractivity contribution is -0.119. The molecule has 1 aliphatic rings. The number of pyridine rings is 2. The summed E-state index contributed by atoms with van der Waals surface area (Å²) in [6.07, 6.45) is 5.96. The standard InChI is InChI=1S/C20H25N5O2/c1-15(26)24-18-9-12-25(14-18)19-8-7-16(13-23-19)20(27)22-11-4-6-17-5-2-3-10-21-17/h2-3,5,7-8,10,13,18H,4,6,9,11-12,14H2,1H3,(H,22,27)(H,24,26)/t18-/m1/s1. The van der Waals surface area contributed by atoms with Crippen LogP contribution in [0.3, 0.4) is 0 Å². The molecule has 2 amide bonds. The molecular weight excluding hydrogens is 342 g/mol. The Balaban J connectivity index is 1.44. The normalized spacial score (nSPS) is 16.2. The van der Waals surface area contributed by atoms with Gasteiger partial charge in [-0.3, -0.25) is 14.6 Å². The number of amides is 2. The monoisotopic (exact) mass is 367 g/mol. The molecule has 1 atom stereocenters. The Kier molecular flexibility index (Phi) is 6.35. The van der Waals surface area contributed by atoms with Gasteiger partial charge in [0.1, 0.15) is 5.82 Å². The van der Waals surface area contributed by atoms with Gasteiger partial charge < -0.3 is 15.5 Å². The van der Waals surface area contributed by atoms with Crippen molar-refractivity contribution in [2.45, 2.75) is 32.2 Å². The van der Waals surface area contributed by atoms with Gasteiger partial charge in [-0.25, -0.2) is 4.98 Å². The number of rotatable bonds is 7. The maximum atomic E-state index is 12.2. The van der Waals surface area contributed by atoms with Gasteiger partial charge in [-0.15, -0.1) is 0 Å². The lowest BCUT2D eigenvalue weighted by atomic mass is 10.2. The van der Waals surface area contributed by atoms with Crippen LogP contribution in [0.5, 0.6) is 0 Å². The minimum absolute atomic E-state index is 0.00938. The number of nitrogens with one attached hydrogen (secondary N) is 2. The molecule has 1 aliphatic heterocycles. The molecule has 7 nitrogen and oxygen atoms in total. The average Bonchev–Trinajstić information content (AvgIpc) is 3.14. The van der Waals surface area contributed by atoms with E-state index >= 15 is 0 Å². The first-order valence-electron chi connectivity index (χ1n) is 9.28. The SMILES string of the molecule is CC(=O)N[C@@H]1CCN(c2ccc(C(=O)NCCCc3ccccn3)cn2)C1. The molecule has 27 heavy (non-hydrogen) atoms. The first kappa shape index (κ1) is 18.8. The average molecular weight is 367 g/mol. The lowest BCUT2D eigenvalue weighted by Crippen LogP contribution is -2.35. The third kappa shape index (κ3) is 5.51. The van der Waals surface area contributed by atoms with Crippen LogP contribution in [-0.4, -0.2) is 47.5 Å². The number of carbonyl (C=O) groups excluding carboxylic acids is 2. The molecule has 0 aliphatic carbocycles. The summed E-state index contributed by atoms with van der Waals surface area (Å²) >= 11 is 0. The Morgan fingerprint density at radius 3 is 2.81 bits per heavy atom. The Morgan fingerprint density at radius 2 is 2.11 bits per heavy atom. The predicted molar refractivity (Wildman–Crippen MR) is 104 cm³/mol. The highest BCUT2D eigenvalue weighted by Crippen LogP contribution is 2.18. The van der Waals surface area contributed by atoms with Crippen LogP contribution in [0, 0.1) is 0 Å². The van der Waals surface area contributed by atoms with E-state index in [0.29, 0.717) is 12.1 Å². The predicted octanol–water partition coefficient (Wildman–Crippen LogP) is 1.55. The first-order chi connectivity index (χ1) is 13.1. The van der Waals surface area contributed by atoms with Crippen LogP contribution in [0.15, 0.2) is 42.7 Å². The quantitative estimate of drug-likeness (QED) is 0.725. The Morgan fingerprint density at radius 1 is 1.22 bits per heavy atom. The summed E-state index contributed by atoms with van der Waals surface area (Å²) in [4.78, 5) is 34.2. The van der Waals surface area contributed by atoms with Crippen molar-refractivity contribution in [2.75, 3.05) is 24.5 Å². The molecule has 0 saturated carbocycles. The van der Waals surface area contributed by atoms with Crippen LogP contribution >= 0.6 is 0 Å². The zero-order valence-corrected chi connectivity index (χ0v) is 15.5. The molecular formula is C20H25N5O2. The molecule has 3 heterocycles. The smallest absolute Gasteiger partial charge is 0.252 e. The molecule has 2 aromatic rings. The fourth-order valence-electron chi connectivity index (χ4n) is 3.20. The van der Waals surface area contributed by atoms with E-state index in [1.807, 2.05) is 24.3 Å². The highest BCUT2D eigenvalue weighted by molar-refractivity contribution is 5.94. The van der Waals surface area contributed by atoms with Gasteiger partial charge in [0.15, 0.2) is 0 Å². The Labute approximate surface area is 159 Å². The number of aryl methyl sites for hydroxylation is 1. The van der Waals surface area contributed by atoms with Gasteiger partial charge in [-0.1, -0.05) is 6.07 Å². The van der Waals surface area contributed by atoms with Crippen molar-refractivity contribution in [2.24, 2.45) is 0 Å². The molecule has 7 heteroatoms. The van der Waals surface area contributed by atoms with Crippen LogP contribution in [-0.2, 0) is 11.2 Å². The van der Waals surface area contributed by atoms with Gasteiger partial charge in [0.2, 0.25) is 5.91 Å². The summed E-state index contributed by atoms with van der Waals surface area (Å²) in [5, 5.41) is 5.85. The molecule has 2 aromatic heterocycles. The van der Waals surface area contributed by atoms with Crippen molar-refractivity contribution in [1.29, 1.82) is 0 Å². The first-order valence-corrected chi connectivity index (χ1v) is 9.28. The summed E-state index contributed by atoms with van der Waals surface area (Å²) in [7, 11) is 0. The van der Waals surface area contributed by atoms with E-state index in [1.165, 1.54) is 6.92 Å². The molecule has 0 bridgehead atoms. The van der Waals surface area contributed by atoms with Gasteiger partial charge in [0, 0.05) is 50.7 Å². The highest BCUT2D eigenvalue weighted by Gasteiger charge is 2.24. The zero-order valence-electron chi connectivity index (χ0n) is 15.5. The van der Waals surface area contributed by atoms with Crippen molar-refractivity contribution in [3.63, 3.8) is 0 Å². The molecule has 2 N–H and O–H groups in total. The molecule has 142 valence electrons. The fraction of sp³-hybridized carbons (Fsp3) is 0.400. The molecule has 0 spiro atoms. The summed E-state index contributed by atoms with van der Waals surface area (Å²) in [5.41, 5.74) is 1.58. The number of nitrogens with zero attached hydrogens (tertiary/aromatic N) is 3. The van der Waals surface area contributed by atoms with Crippen LogP contribution in [0.25, 0.3) is 0 Å². The highest BCUT2D eigenvalue weighted by atomic mass is 16.2. The van der Waals surface area contributed by atoms with Gasteiger partial charge in [0.25, 0.3) is 5.91 Å². The van der Waals surface area contributed by atoms with Gasteiger partial charge in [-0.2, -0.15) is 0 Å². The van der Waals surface area contributed by atoms with Gasteiger partial charge >= 0.3 is 0 Å². The second kappa shape index (κ2) is 9.12. The van der Waals surface area contributed by atoms with E-state index in [9.17, 15) is 9.59 Å². The third-order valence-electron chi connectivity index (χ3n) is 4.55. The molecule has 0 unspecified atom stereocenters. The van der Waals surface area contributed by atoms with E-state index < -0.39 is 0 Å². The molecule has 1 saturated heterocycles. The lowest BCUT2D eigenvalue weighted by Gasteiger charge is -2.17. The Hall–Kier alpha value is -2.96. The molecule has 1 fully saturated rings. The summed E-state index contributed by atoms with van der Waals surface area (Å²) in [6, 6.07) is 9.66. The molecule has 3 rings (SSSR count). The minimum Gasteiger partial charge on any atom is -0.354 e. The summed E-state index contributed by atoms with van der Waals surface area (Å²) in [6.45, 7) is 3.72. The minimum atomic E-state index is -0.118. The van der Waals surface area contributed by atoms with Crippen LogP contribution in [0.4, 0.5) is 5.82 Å². The van der Waals surface area contributed by atoms with Crippen LogP contribution in [0.2, 0.25) is 0 Å². The van der Waals surface area contributed by atoms with E-state index in [1.54, 1.807) is 18.5 Å². The van der Waals surface area contributed by atoms with E-state index in [0.717, 1.165) is 43.9 Å². The van der Waals surface area contributed by atoms with E-state index in [2.05, 4.69) is 25.5 Å². The molecule has 0 radical (unpaired) electrons. The number of carbonyl (C=O) groups is 2. The Bertz CT molecular complexity index is 764. The largest absolute Gasteiger partial charge is 0.354 e. The van der Waals surface area contributed by atoms with Crippen LogP contribution < -0.4 is 15.5 Å².